The highest BCUT2D eigenvalue weighted by Gasteiger charge is 2.15. The molecule has 8 heteroatoms. The van der Waals surface area contributed by atoms with Crippen LogP contribution in [0.2, 0.25) is 5.02 Å². The second-order valence-electron chi connectivity index (χ2n) is 6.22. The summed E-state index contributed by atoms with van der Waals surface area (Å²) in [6, 6.07) is 12.1. The maximum Gasteiger partial charge on any atom is 0.312 e. The van der Waals surface area contributed by atoms with E-state index >= 15 is 0 Å². The summed E-state index contributed by atoms with van der Waals surface area (Å²) in [6.07, 6.45) is -0.155. The zero-order valence-corrected chi connectivity index (χ0v) is 16.1. The number of halogens is 1. The average molecular weight is 400 g/mol. The van der Waals surface area contributed by atoms with Gasteiger partial charge in [-0.05, 0) is 30.7 Å². The number of benzene rings is 2. The lowest BCUT2D eigenvalue weighted by atomic mass is 10.1. The number of carbonyl (C=O) groups is 2. The number of esters is 1. The van der Waals surface area contributed by atoms with Gasteiger partial charge in [0.05, 0.1) is 17.5 Å². The Morgan fingerprint density at radius 3 is 2.61 bits per heavy atom. The van der Waals surface area contributed by atoms with Gasteiger partial charge in [-0.3, -0.25) is 14.4 Å². The Bertz CT molecular complexity index is 1120. The molecule has 0 aliphatic heterocycles. The van der Waals surface area contributed by atoms with Gasteiger partial charge in [0.2, 0.25) is 0 Å². The highest BCUT2D eigenvalue weighted by atomic mass is 35.5. The maximum absolute atomic E-state index is 12.2. The molecule has 3 aromatic rings. The molecule has 0 atom stereocenters. The topological polar surface area (TPSA) is 90.3 Å². The highest BCUT2D eigenvalue weighted by Crippen LogP contribution is 2.22. The molecule has 28 heavy (non-hydrogen) atoms. The lowest BCUT2D eigenvalue weighted by molar-refractivity contribution is -0.146. The number of rotatable bonds is 5. The van der Waals surface area contributed by atoms with Crippen LogP contribution < -0.4 is 10.9 Å². The standard InChI is InChI=1S/C20H18ClN3O4/c1-12-15(21)8-5-9-16(12)22-18(25)11-28-19(26)10-17-13-6-3-4-7-14(13)20(27)24(2)23-17/h3-9H,10-11H2,1-2H3,(H,22,25). The Kier molecular flexibility index (Phi) is 5.75. The summed E-state index contributed by atoms with van der Waals surface area (Å²) in [5.74, 6) is -1.09. The number of anilines is 1. The number of amides is 1. The van der Waals surface area contributed by atoms with E-state index in [2.05, 4.69) is 10.4 Å². The Labute approximate surface area is 165 Å². The lowest BCUT2D eigenvalue weighted by Gasteiger charge is -2.10. The summed E-state index contributed by atoms with van der Waals surface area (Å²) in [5, 5.41) is 8.38. The van der Waals surface area contributed by atoms with Gasteiger partial charge in [-0.25, -0.2) is 4.68 Å². The van der Waals surface area contributed by atoms with Gasteiger partial charge >= 0.3 is 5.97 Å². The van der Waals surface area contributed by atoms with Crippen LogP contribution in [0, 0.1) is 6.92 Å². The summed E-state index contributed by atoms with van der Waals surface area (Å²) >= 11 is 6.02. The number of carbonyl (C=O) groups excluding carboxylic acids is 2. The predicted molar refractivity (Wildman–Crippen MR) is 106 cm³/mol. The van der Waals surface area contributed by atoms with Crippen LogP contribution in [-0.2, 0) is 27.8 Å². The first kappa shape index (κ1) is 19.6. The number of fused-ring (bicyclic) bond motifs is 1. The fraction of sp³-hybridized carbons (Fsp3) is 0.200. The molecule has 1 amide bonds. The Hall–Kier alpha value is -3.19. The molecule has 0 unspecified atom stereocenters. The molecule has 0 saturated heterocycles. The van der Waals surface area contributed by atoms with Crippen molar-refractivity contribution in [3.8, 4) is 0 Å². The molecule has 0 spiro atoms. The first-order chi connectivity index (χ1) is 13.4. The molecule has 0 aliphatic carbocycles. The van der Waals surface area contributed by atoms with E-state index in [-0.39, 0.29) is 12.0 Å². The molecule has 1 aromatic heterocycles. The first-order valence-electron chi connectivity index (χ1n) is 8.52. The van der Waals surface area contributed by atoms with E-state index in [4.69, 9.17) is 16.3 Å². The van der Waals surface area contributed by atoms with Crippen molar-refractivity contribution < 1.29 is 14.3 Å². The van der Waals surface area contributed by atoms with Crippen molar-refractivity contribution in [1.29, 1.82) is 0 Å². The van der Waals surface area contributed by atoms with Gasteiger partial charge in [-0.2, -0.15) is 5.10 Å². The van der Waals surface area contributed by atoms with Crippen molar-refractivity contribution in [2.45, 2.75) is 13.3 Å². The molecule has 2 aromatic carbocycles. The summed E-state index contributed by atoms with van der Waals surface area (Å²) < 4.78 is 6.24. The number of aryl methyl sites for hydroxylation is 1. The molecule has 0 bridgehead atoms. The maximum atomic E-state index is 12.2. The fourth-order valence-corrected chi connectivity index (χ4v) is 2.94. The Balaban J connectivity index is 1.66. The third-order valence-electron chi connectivity index (χ3n) is 4.25. The molecular formula is C20H18ClN3O4. The van der Waals surface area contributed by atoms with E-state index in [0.29, 0.717) is 27.2 Å². The largest absolute Gasteiger partial charge is 0.455 e. The lowest BCUT2D eigenvalue weighted by Crippen LogP contribution is -2.24. The smallest absolute Gasteiger partial charge is 0.312 e. The summed E-state index contributed by atoms with van der Waals surface area (Å²) in [5.41, 5.74) is 1.45. The number of aromatic nitrogens is 2. The summed E-state index contributed by atoms with van der Waals surface area (Å²) in [4.78, 5) is 36.4. The molecule has 7 nitrogen and oxygen atoms in total. The minimum absolute atomic E-state index is 0.155. The van der Waals surface area contributed by atoms with E-state index in [1.807, 2.05) is 0 Å². The number of ether oxygens (including phenoxy) is 1. The molecule has 1 heterocycles. The van der Waals surface area contributed by atoms with Crippen molar-refractivity contribution in [3.63, 3.8) is 0 Å². The molecule has 3 rings (SSSR count). The third kappa shape index (κ3) is 4.20. The van der Waals surface area contributed by atoms with Crippen molar-refractivity contribution in [1.82, 2.24) is 9.78 Å². The van der Waals surface area contributed by atoms with E-state index in [1.54, 1.807) is 49.4 Å². The van der Waals surface area contributed by atoms with Crippen LogP contribution in [0.1, 0.15) is 11.3 Å². The zero-order valence-electron chi connectivity index (χ0n) is 15.4. The second-order valence-corrected chi connectivity index (χ2v) is 6.63. The molecule has 1 N–H and O–H groups in total. The van der Waals surface area contributed by atoms with Crippen molar-refractivity contribution >= 4 is 39.9 Å². The Morgan fingerprint density at radius 1 is 1.14 bits per heavy atom. The minimum Gasteiger partial charge on any atom is -0.455 e. The van der Waals surface area contributed by atoms with Crippen LogP contribution in [0.5, 0.6) is 0 Å². The minimum atomic E-state index is -0.616. The van der Waals surface area contributed by atoms with E-state index in [9.17, 15) is 14.4 Å². The summed E-state index contributed by atoms with van der Waals surface area (Å²) in [7, 11) is 1.52. The van der Waals surface area contributed by atoms with Gasteiger partial charge in [0.1, 0.15) is 0 Å². The third-order valence-corrected chi connectivity index (χ3v) is 4.66. The molecular weight excluding hydrogens is 382 g/mol. The normalized spacial score (nSPS) is 10.7. The number of nitrogens with zero attached hydrogens (tertiary/aromatic N) is 2. The van der Waals surface area contributed by atoms with Gasteiger partial charge in [-0.1, -0.05) is 35.9 Å². The van der Waals surface area contributed by atoms with Gasteiger partial charge in [0.15, 0.2) is 6.61 Å². The zero-order chi connectivity index (χ0) is 20.3. The van der Waals surface area contributed by atoms with E-state index < -0.39 is 18.5 Å². The van der Waals surface area contributed by atoms with Crippen LogP contribution >= 0.6 is 11.6 Å². The highest BCUT2D eigenvalue weighted by molar-refractivity contribution is 6.31. The Morgan fingerprint density at radius 2 is 1.86 bits per heavy atom. The molecule has 0 saturated carbocycles. The molecule has 0 radical (unpaired) electrons. The van der Waals surface area contributed by atoms with Gasteiger partial charge in [0, 0.05) is 23.1 Å². The van der Waals surface area contributed by atoms with Crippen LogP contribution in [-0.4, -0.2) is 28.3 Å². The van der Waals surface area contributed by atoms with E-state index in [1.165, 1.54) is 11.7 Å². The monoisotopic (exact) mass is 399 g/mol. The number of nitrogens with one attached hydrogen (secondary N) is 1. The molecule has 0 aliphatic rings. The van der Waals surface area contributed by atoms with Crippen molar-refractivity contribution in [2.75, 3.05) is 11.9 Å². The summed E-state index contributed by atoms with van der Waals surface area (Å²) in [6.45, 7) is 1.34. The van der Waals surface area contributed by atoms with E-state index in [0.717, 1.165) is 5.56 Å². The number of hydrogen-bond acceptors (Lipinski definition) is 5. The predicted octanol–water partition coefficient (Wildman–Crippen LogP) is 2.62. The molecule has 144 valence electrons. The second kappa shape index (κ2) is 8.22. The van der Waals surface area contributed by atoms with Gasteiger partial charge < -0.3 is 10.1 Å². The van der Waals surface area contributed by atoms with Crippen LogP contribution in [0.3, 0.4) is 0 Å². The van der Waals surface area contributed by atoms with Crippen LogP contribution in [0.25, 0.3) is 10.8 Å². The van der Waals surface area contributed by atoms with Crippen molar-refractivity contribution in [2.24, 2.45) is 7.05 Å². The first-order valence-corrected chi connectivity index (χ1v) is 8.90. The van der Waals surface area contributed by atoms with Gasteiger partial charge in [-0.15, -0.1) is 0 Å². The number of hydrogen-bond donors (Lipinski definition) is 1. The SMILES string of the molecule is Cc1c(Cl)cccc1NC(=O)COC(=O)Cc1nn(C)c(=O)c2ccccc12. The quantitative estimate of drug-likeness (QED) is 0.666. The van der Waals surface area contributed by atoms with Crippen LogP contribution in [0.4, 0.5) is 5.69 Å². The fourth-order valence-electron chi connectivity index (χ4n) is 2.77. The van der Waals surface area contributed by atoms with Crippen molar-refractivity contribution in [3.05, 3.63) is 69.1 Å². The average Bonchev–Trinajstić information content (AvgIpc) is 2.68. The van der Waals surface area contributed by atoms with Gasteiger partial charge in [0.25, 0.3) is 11.5 Å². The van der Waals surface area contributed by atoms with Crippen LogP contribution in [0.15, 0.2) is 47.3 Å². The molecule has 0 fully saturated rings.